The highest BCUT2D eigenvalue weighted by Crippen LogP contribution is 2.13. The minimum Gasteiger partial charge on any atom is -0.326 e. The van der Waals surface area contributed by atoms with Crippen molar-refractivity contribution < 1.29 is 9.59 Å². The Balaban J connectivity index is 2.05. The van der Waals surface area contributed by atoms with E-state index in [0.717, 1.165) is 0 Å². The molecule has 120 valence electrons. The number of nitrogens with zero attached hydrogens (tertiary/aromatic N) is 2. The molecular formula is C16H18N4O3. The molecule has 0 fully saturated rings. The predicted octanol–water partition coefficient (Wildman–Crippen LogP) is 1.46. The molecular weight excluding hydrogens is 296 g/mol. The first-order valence-electron chi connectivity index (χ1n) is 7.08. The van der Waals surface area contributed by atoms with Gasteiger partial charge in [0, 0.05) is 29.7 Å². The van der Waals surface area contributed by atoms with Crippen LogP contribution in [0.5, 0.6) is 0 Å². The number of benzene rings is 1. The first-order chi connectivity index (χ1) is 10.8. The Kier molecular flexibility index (Phi) is 4.90. The number of amides is 2. The van der Waals surface area contributed by atoms with Gasteiger partial charge in [-0.2, -0.15) is 4.98 Å². The molecule has 1 aromatic heterocycles. The third-order valence-electron chi connectivity index (χ3n) is 3.14. The molecule has 1 aromatic carbocycles. The van der Waals surface area contributed by atoms with Gasteiger partial charge in [-0.3, -0.25) is 14.2 Å². The van der Waals surface area contributed by atoms with Crippen molar-refractivity contribution in [3.05, 3.63) is 52.2 Å². The highest BCUT2D eigenvalue weighted by atomic mass is 16.2. The summed E-state index contributed by atoms with van der Waals surface area (Å²) >= 11 is 0. The van der Waals surface area contributed by atoms with Crippen LogP contribution in [-0.2, 0) is 16.1 Å². The van der Waals surface area contributed by atoms with Crippen LogP contribution in [0.25, 0.3) is 0 Å². The number of nitrogens with one attached hydrogen (secondary N) is 2. The van der Waals surface area contributed by atoms with Gasteiger partial charge in [0.2, 0.25) is 11.8 Å². The number of rotatable bonds is 4. The van der Waals surface area contributed by atoms with Gasteiger partial charge >= 0.3 is 5.69 Å². The molecule has 2 aromatic rings. The fraction of sp³-hybridized carbons (Fsp3) is 0.250. The minimum atomic E-state index is -0.446. The summed E-state index contributed by atoms with van der Waals surface area (Å²) in [5.74, 6) is -0.489. The minimum absolute atomic E-state index is 0.106. The highest BCUT2D eigenvalue weighted by molar-refractivity contribution is 5.92. The predicted molar refractivity (Wildman–Crippen MR) is 87.3 cm³/mol. The van der Waals surface area contributed by atoms with Crippen molar-refractivity contribution in [2.75, 3.05) is 10.6 Å². The van der Waals surface area contributed by atoms with Gasteiger partial charge in [-0.1, -0.05) is 0 Å². The summed E-state index contributed by atoms with van der Waals surface area (Å²) in [6, 6.07) is 8.46. The lowest BCUT2D eigenvalue weighted by atomic mass is 10.2. The van der Waals surface area contributed by atoms with Crippen molar-refractivity contribution in [1.29, 1.82) is 0 Å². The zero-order valence-electron chi connectivity index (χ0n) is 13.2. The molecule has 0 radical (unpaired) electrons. The molecule has 23 heavy (non-hydrogen) atoms. The van der Waals surface area contributed by atoms with E-state index < -0.39 is 5.69 Å². The maximum atomic E-state index is 12.1. The molecule has 0 aliphatic rings. The molecule has 0 spiro atoms. The average Bonchev–Trinajstić information content (AvgIpc) is 2.44. The SMILES string of the molecule is CC(=O)Nc1ccc(NC(=O)Cn2c(C)cc(C)nc2=O)cc1. The zero-order valence-corrected chi connectivity index (χ0v) is 13.2. The van der Waals surface area contributed by atoms with Crippen LogP contribution >= 0.6 is 0 Å². The second kappa shape index (κ2) is 6.87. The van der Waals surface area contributed by atoms with Crippen molar-refractivity contribution >= 4 is 23.2 Å². The third-order valence-corrected chi connectivity index (χ3v) is 3.14. The number of aromatic nitrogens is 2. The molecule has 1 heterocycles. The largest absolute Gasteiger partial charge is 0.348 e. The summed E-state index contributed by atoms with van der Waals surface area (Å²) < 4.78 is 1.31. The molecule has 0 saturated heterocycles. The van der Waals surface area contributed by atoms with Crippen molar-refractivity contribution in [3.8, 4) is 0 Å². The smallest absolute Gasteiger partial charge is 0.326 e. The Hall–Kier alpha value is -2.96. The lowest BCUT2D eigenvalue weighted by Crippen LogP contribution is -2.31. The lowest BCUT2D eigenvalue weighted by Gasteiger charge is -2.10. The number of carbonyl (C=O) groups excluding carboxylic acids is 2. The lowest BCUT2D eigenvalue weighted by molar-refractivity contribution is -0.117. The molecule has 7 nitrogen and oxygen atoms in total. The Labute approximate surface area is 133 Å². The number of anilines is 2. The Bertz CT molecular complexity index is 794. The van der Waals surface area contributed by atoms with E-state index in [9.17, 15) is 14.4 Å². The third kappa shape index (κ3) is 4.50. The van der Waals surface area contributed by atoms with E-state index in [1.54, 1.807) is 44.2 Å². The van der Waals surface area contributed by atoms with Gasteiger partial charge in [0.15, 0.2) is 0 Å². The van der Waals surface area contributed by atoms with Gasteiger partial charge in [-0.25, -0.2) is 4.79 Å². The summed E-state index contributed by atoms with van der Waals surface area (Å²) in [4.78, 5) is 38.7. The fourth-order valence-electron chi connectivity index (χ4n) is 2.15. The summed E-state index contributed by atoms with van der Waals surface area (Å²) in [5, 5.41) is 5.34. The molecule has 2 amide bonds. The van der Waals surface area contributed by atoms with Crippen LogP contribution in [0, 0.1) is 13.8 Å². The summed E-state index contributed by atoms with van der Waals surface area (Å²) in [5.41, 5.74) is 2.08. The van der Waals surface area contributed by atoms with E-state index >= 15 is 0 Å². The van der Waals surface area contributed by atoms with Crippen molar-refractivity contribution in [1.82, 2.24) is 9.55 Å². The van der Waals surface area contributed by atoms with Gasteiger partial charge in [-0.05, 0) is 44.2 Å². The molecule has 2 N–H and O–H groups in total. The summed E-state index contributed by atoms with van der Waals surface area (Å²) in [6.45, 7) is 4.80. The number of carbonyl (C=O) groups is 2. The van der Waals surface area contributed by atoms with Crippen molar-refractivity contribution in [3.63, 3.8) is 0 Å². The van der Waals surface area contributed by atoms with E-state index in [1.807, 2.05) is 0 Å². The molecule has 7 heteroatoms. The number of hydrogen-bond donors (Lipinski definition) is 2. The van der Waals surface area contributed by atoms with Crippen molar-refractivity contribution in [2.45, 2.75) is 27.3 Å². The zero-order chi connectivity index (χ0) is 17.0. The maximum Gasteiger partial charge on any atom is 0.348 e. The van der Waals surface area contributed by atoms with Gasteiger partial charge in [0.25, 0.3) is 0 Å². The van der Waals surface area contributed by atoms with Gasteiger partial charge in [-0.15, -0.1) is 0 Å². The van der Waals surface area contributed by atoms with E-state index in [2.05, 4.69) is 15.6 Å². The Morgan fingerprint density at radius 3 is 2.17 bits per heavy atom. The van der Waals surface area contributed by atoms with Crippen LogP contribution in [0.15, 0.2) is 35.1 Å². The normalized spacial score (nSPS) is 10.2. The standard InChI is InChI=1S/C16H18N4O3/c1-10-8-11(2)20(16(23)17-10)9-15(22)19-14-6-4-13(5-7-14)18-12(3)21/h4-8H,9H2,1-3H3,(H,18,21)(H,19,22). The maximum absolute atomic E-state index is 12.1. The van der Waals surface area contributed by atoms with Crippen LogP contribution in [0.1, 0.15) is 18.3 Å². The number of hydrogen-bond acceptors (Lipinski definition) is 4. The fourth-order valence-corrected chi connectivity index (χ4v) is 2.15. The van der Waals surface area contributed by atoms with Gasteiger partial charge in [0.1, 0.15) is 6.54 Å². The van der Waals surface area contributed by atoms with Gasteiger partial charge in [0.05, 0.1) is 0 Å². The van der Waals surface area contributed by atoms with Crippen LogP contribution in [0.4, 0.5) is 11.4 Å². The van der Waals surface area contributed by atoms with E-state index in [4.69, 9.17) is 0 Å². The average molecular weight is 314 g/mol. The summed E-state index contributed by atoms with van der Waals surface area (Å²) in [6.07, 6.45) is 0. The Morgan fingerprint density at radius 1 is 1.09 bits per heavy atom. The number of aryl methyl sites for hydroxylation is 2. The van der Waals surface area contributed by atoms with E-state index in [-0.39, 0.29) is 18.4 Å². The van der Waals surface area contributed by atoms with Crippen molar-refractivity contribution in [2.24, 2.45) is 0 Å². The Morgan fingerprint density at radius 2 is 1.65 bits per heavy atom. The van der Waals surface area contributed by atoms with Crippen LogP contribution in [-0.4, -0.2) is 21.4 Å². The second-order valence-electron chi connectivity index (χ2n) is 5.21. The van der Waals surface area contributed by atoms with Gasteiger partial charge < -0.3 is 10.6 Å². The van der Waals surface area contributed by atoms with E-state index in [0.29, 0.717) is 22.8 Å². The molecule has 2 rings (SSSR count). The molecule has 0 unspecified atom stereocenters. The molecule has 0 aliphatic heterocycles. The van der Waals surface area contributed by atoms with Crippen LogP contribution in [0.3, 0.4) is 0 Å². The quantitative estimate of drug-likeness (QED) is 0.893. The molecule has 0 saturated carbocycles. The van der Waals surface area contributed by atoms with Crippen LogP contribution in [0.2, 0.25) is 0 Å². The van der Waals surface area contributed by atoms with Crippen LogP contribution < -0.4 is 16.3 Å². The highest BCUT2D eigenvalue weighted by Gasteiger charge is 2.09. The molecule has 0 aliphatic carbocycles. The second-order valence-corrected chi connectivity index (χ2v) is 5.21. The molecule has 0 bridgehead atoms. The molecule has 0 atom stereocenters. The first-order valence-corrected chi connectivity index (χ1v) is 7.08. The first kappa shape index (κ1) is 16.4. The summed E-state index contributed by atoms with van der Waals surface area (Å²) in [7, 11) is 0. The monoisotopic (exact) mass is 314 g/mol. The van der Waals surface area contributed by atoms with E-state index in [1.165, 1.54) is 11.5 Å². The topological polar surface area (TPSA) is 93.1 Å².